The molecule has 32 heavy (non-hydrogen) atoms. The molecule has 0 radical (unpaired) electrons. The van der Waals surface area contributed by atoms with Gasteiger partial charge in [0.05, 0.1) is 12.0 Å². The fraction of sp³-hybridized carbons (Fsp3) is 0.276. The summed E-state index contributed by atoms with van der Waals surface area (Å²) in [5.74, 6) is 0.0188. The summed E-state index contributed by atoms with van der Waals surface area (Å²) in [6.07, 6.45) is 2.50. The molecule has 0 aromatic heterocycles. The van der Waals surface area contributed by atoms with Crippen molar-refractivity contribution >= 4 is 17.1 Å². The van der Waals surface area contributed by atoms with Crippen molar-refractivity contribution in [1.82, 2.24) is 9.80 Å². The Morgan fingerprint density at radius 3 is 1.78 bits per heavy atom. The number of carbonyl (C=O) groups excluding carboxylic acids is 1. The first kappa shape index (κ1) is 20.7. The Morgan fingerprint density at radius 1 is 0.812 bits per heavy atom. The van der Waals surface area contributed by atoms with Crippen LogP contribution in [-0.2, 0) is 4.79 Å². The third-order valence-electron chi connectivity index (χ3n) is 6.83. The molecular weight excluding hydrogens is 392 g/mol. The minimum Gasteiger partial charge on any atom is -0.337 e. The summed E-state index contributed by atoms with van der Waals surface area (Å²) in [4.78, 5) is 18.4. The summed E-state index contributed by atoms with van der Waals surface area (Å²) in [5.41, 5.74) is 5.84. The van der Waals surface area contributed by atoms with Crippen LogP contribution in [0.5, 0.6) is 0 Å². The van der Waals surface area contributed by atoms with E-state index in [1.165, 1.54) is 29.6 Å². The normalized spacial score (nSPS) is 17.4. The van der Waals surface area contributed by atoms with E-state index in [0.29, 0.717) is 0 Å². The molecule has 0 bridgehead atoms. The lowest BCUT2D eigenvalue weighted by Crippen LogP contribution is -2.39. The second-order valence-electron chi connectivity index (χ2n) is 8.88. The van der Waals surface area contributed by atoms with E-state index in [-0.39, 0.29) is 17.9 Å². The van der Waals surface area contributed by atoms with E-state index in [0.717, 1.165) is 30.8 Å². The molecule has 1 aliphatic carbocycles. The summed E-state index contributed by atoms with van der Waals surface area (Å²) in [6, 6.07) is 31.3. The van der Waals surface area contributed by atoms with Crippen LogP contribution in [0.2, 0.25) is 0 Å². The van der Waals surface area contributed by atoms with Gasteiger partial charge in [-0.2, -0.15) is 0 Å². The lowest BCUT2D eigenvalue weighted by Gasteiger charge is -2.32. The topological polar surface area (TPSA) is 23.6 Å². The molecule has 1 atom stereocenters. The molecule has 1 heterocycles. The van der Waals surface area contributed by atoms with Crippen molar-refractivity contribution in [3.05, 3.63) is 108 Å². The number of likely N-dealkylation sites (N-methyl/N-ethyl adjacent to an activating group) is 1. The van der Waals surface area contributed by atoms with Crippen LogP contribution in [0.15, 0.2) is 91.0 Å². The smallest absolute Gasteiger partial charge is 0.234 e. The molecular formula is C29H30N2O. The zero-order valence-electron chi connectivity index (χ0n) is 18.7. The van der Waals surface area contributed by atoms with Crippen LogP contribution in [0.3, 0.4) is 0 Å². The average Bonchev–Trinajstić information content (AvgIpc) is 3.39. The highest BCUT2D eigenvalue weighted by Gasteiger charge is 2.46. The number of carbonyl (C=O) groups is 1. The second-order valence-corrected chi connectivity index (χ2v) is 8.88. The Morgan fingerprint density at radius 2 is 1.28 bits per heavy atom. The number of hydrogen-bond acceptors (Lipinski definition) is 2. The first-order valence-corrected chi connectivity index (χ1v) is 11.6. The third kappa shape index (κ3) is 4.13. The van der Waals surface area contributed by atoms with E-state index < -0.39 is 0 Å². The first-order valence-electron chi connectivity index (χ1n) is 11.6. The monoisotopic (exact) mass is 422 g/mol. The number of likely N-dealkylation sites (tertiary alicyclic amines) is 1. The maximum Gasteiger partial charge on any atom is 0.234 e. The molecule has 0 spiro atoms. The van der Waals surface area contributed by atoms with E-state index in [1.54, 1.807) is 0 Å². The maximum absolute atomic E-state index is 13.9. The zero-order valence-corrected chi connectivity index (χ0v) is 18.7. The van der Waals surface area contributed by atoms with Crippen LogP contribution in [0.25, 0.3) is 11.1 Å². The van der Waals surface area contributed by atoms with E-state index in [9.17, 15) is 4.79 Å². The van der Waals surface area contributed by atoms with Crippen molar-refractivity contribution in [2.75, 3.05) is 26.7 Å². The molecule has 2 aliphatic rings. The van der Waals surface area contributed by atoms with Gasteiger partial charge in [0, 0.05) is 13.6 Å². The molecule has 3 heteroatoms. The molecule has 0 N–H and O–H groups in total. The van der Waals surface area contributed by atoms with Crippen molar-refractivity contribution in [1.29, 1.82) is 0 Å². The Hall–Kier alpha value is -3.17. The van der Waals surface area contributed by atoms with E-state index in [2.05, 4.69) is 77.7 Å². The molecule has 3 aromatic rings. The van der Waals surface area contributed by atoms with Crippen LogP contribution in [0.1, 0.15) is 35.6 Å². The highest BCUT2D eigenvalue weighted by atomic mass is 16.2. The Bertz CT molecular complexity index is 1040. The molecule has 1 amide bonds. The molecule has 1 unspecified atom stereocenters. The lowest BCUT2D eigenvalue weighted by molar-refractivity contribution is -0.132. The fourth-order valence-electron chi connectivity index (χ4n) is 5.04. The van der Waals surface area contributed by atoms with Gasteiger partial charge in [0.1, 0.15) is 0 Å². The van der Waals surface area contributed by atoms with Crippen molar-refractivity contribution in [3.8, 4) is 0 Å². The molecule has 3 nitrogen and oxygen atoms in total. The average molecular weight is 423 g/mol. The van der Waals surface area contributed by atoms with Crippen LogP contribution in [0, 0.1) is 5.92 Å². The third-order valence-corrected chi connectivity index (χ3v) is 6.83. The standard InChI is InChI=1S/C29H30N2O/c1-30(25(21-31-19-11-12-20-31)22-13-5-2-6-14-22)29(32)28-26(23-15-7-3-8-16-23)27(28)24-17-9-4-10-18-24/h2-10,13-18,25,28H,11-12,19-21H2,1H3. The molecule has 162 valence electrons. The van der Waals surface area contributed by atoms with E-state index >= 15 is 0 Å². The fourth-order valence-corrected chi connectivity index (χ4v) is 5.04. The highest BCUT2D eigenvalue weighted by molar-refractivity contribution is 6.23. The van der Waals surface area contributed by atoms with Crippen molar-refractivity contribution < 1.29 is 4.79 Å². The SMILES string of the molecule is CN(C(=O)C1C(c2ccccc2)=C1c1ccccc1)C(CN1CCCC1)c1ccccc1. The molecule has 1 saturated heterocycles. The summed E-state index contributed by atoms with van der Waals surface area (Å²) in [6.45, 7) is 3.13. The Balaban J connectivity index is 1.44. The number of hydrogen-bond donors (Lipinski definition) is 0. The maximum atomic E-state index is 13.9. The summed E-state index contributed by atoms with van der Waals surface area (Å²) < 4.78 is 0. The lowest BCUT2D eigenvalue weighted by atomic mass is 10.0. The predicted octanol–water partition coefficient (Wildman–Crippen LogP) is 5.52. The van der Waals surface area contributed by atoms with Crippen molar-refractivity contribution in [3.63, 3.8) is 0 Å². The molecule has 1 fully saturated rings. The van der Waals surface area contributed by atoms with Crippen LogP contribution in [0.4, 0.5) is 0 Å². The zero-order chi connectivity index (χ0) is 21.9. The first-order chi connectivity index (χ1) is 15.7. The second kappa shape index (κ2) is 9.13. The van der Waals surface area contributed by atoms with Gasteiger partial charge in [-0.25, -0.2) is 0 Å². The van der Waals surface area contributed by atoms with E-state index in [1.807, 2.05) is 30.1 Å². The summed E-state index contributed by atoms with van der Waals surface area (Å²) in [5, 5.41) is 0. The number of benzene rings is 3. The number of amides is 1. The predicted molar refractivity (Wildman–Crippen MR) is 131 cm³/mol. The summed E-state index contributed by atoms with van der Waals surface area (Å²) >= 11 is 0. The molecule has 5 rings (SSSR count). The number of rotatable bonds is 7. The van der Waals surface area contributed by atoms with Gasteiger partial charge in [-0.3, -0.25) is 4.79 Å². The van der Waals surface area contributed by atoms with Gasteiger partial charge in [-0.1, -0.05) is 91.0 Å². The number of nitrogens with zero attached hydrogens (tertiary/aromatic N) is 2. The summed E-state index contributed by atoms with van der Waals surface area (Å²) in [7, 11) is 1.99. The van der Waals surface area contributed by atoms with Gasteiger partial charge in [0.25, 0.3) is 0 Å². The van der Waals surface area contributed by atoms with Gasteiger partial charge in [0.2, 0.25) is 5.91 Å². The van der Waals surface area contributed by atoms with Gasteiger partial charge < -0.3 is 9.80 Å². The molecule has 3 aromatic carbocycles. The minimum atomic E-state index is -0.172. The van der Waals surface area contributed by atoms with Gasteiger partial charge >= 0.3 is 0 Å². The largest absolute Gasteiger partial charge is 0.337 e. The molecule has 0 saturated carbocycles. The van der Waals surface area contributed by atoms with Crippen LogP contribution in [-0.4, -0.2) is 42.4 Å². The Kier molecular flexibility index (Phi) is 5.91. The minimum absolute atomic E-state index is 0.0523. The van der Waals surface area contributed by atoms with Crippen molar-refractivity contribution in [2.45, 2.75) is 18.9 Å². The van der Waals surface area contributed by atoms with E-state index in [4.69, 9.17) is 0 Å². The van der Waals surface area contributed by atoms with Gasteiger partial charge in [0.15, 0.2) is 0 Å². The Labute approximate surface area is 191 Å². The van der Waals surface area contributed by atoms with Crippen molar-refractivity contribution in [2.24, 2.45) is 5.92 Å². The van der Waals surface area contributed by atoms with Gasteiger partial charge in [-0.15, -0.1) is 0 Å². The van der Waals surface area contributed by atoms with Crippen LogP contribution >= 0.6 is 0 Å². The quantitative estimate of drug-likeness (QED) is 0.500. The van der Waals surface area contributed by atoms with Crippen LogP contribution < -0.4 is 0 Å². The highest BCUT2D eigenvalue weighted by Crippen LogP contribution is 2.54. The van der Waals surface area contributed by atoms with Gasteiger partial charge in [-0.05, 0) is 53.8 Å². The molecule has 1 aliphatic heterocycles.